The number of hydrogen-bond acceptors (Lipinski definition) is 2. The average Bonchev–Trinajstić information content (AvgIpc) is 2.33. The Bertz CT molecular complexity index is 527. The van der Waals surface area contributed by atoms with Crippen molar-refractivity contribution in [2.45, 2.75) is 58.0 Å². The third-order valence-electron chi connectivity index (χ3n) is 4.22. The molecule has 1 aromatic carbocycles. The molecule has 1 aliphatic rings. The molecule has 0 radical (unpaired) electrons. The van der Waals surface area contributed by atoms with Crippen LogP contribution in [0, 0.1) is 5.82 Å². The van der Waals surface area contributed by atoms with Crippen molar-refractivity contribution in [1.29, 1.82) is 0 Å². The van der Waals surface area contributed by atoms with Gasteiger partial charge in [-0.2, -0.15) is 0 Å². The molecule has 0 saturated heterocycles. The van der Waals surface area contributed by atoms with E-state index in [9.17, 15) is 14.3 Å². The molecule has 2 atom stereocenters. The highest BCUT2D eigenvalue weighted by atomic mass is 19.1. The van der Waals surface area contributed by atoms with Gasteiger partial charge in [0.1, 0.15) is 11.9 Å². The molecule has 4 heteroatoms. The lowest BCUT2D eigenvalue weighted by Gasteiger charge is -2.50. The molecule has 0 aliphatic carbocycles. The van der Waals surface area contributed by atoms with E-state index in [0.29, 0.717) is 6.42 Å². The van der Waals surface area contributed by atoms with Gasteiger partial charge in [0.05, 0.1) is 0 Å². The van der Waals surface area contributed by atoms with Gasteiger partial charge in [0.2, 0.25) is 0 Å². The summed E-state index contributed by atoms with van der Waals surface area (Å²) >= 11 is 0. The van der Waals surface area contributed by atoms with Crippen LogP contribution in [0.4, 0.5) is 10.1 Å². The van der Waals surface area contributed by atoms with Crippen LogP contribution in [0.2, 0.25) is 0 Å². The number of fused-ring (bicyclic) bond motifs is 1. The number of benzene rings is 1. The van der Waals surface area contributed by atoms with E-state index in [0.717, 1.165) is 17.7 Å². The Kier molecular flexibility index (Phi) is 3.76. The fraction of sp³-hybridized carbons (Fsp3) is 0.562. The van der Waals surface area contributed by atoms with E-state index in [1.54, 1.807) is 6.07 Å². The van der Waals surface area contributed by atoms with Crippen molar-refractivity contribution in [2.75, 3.05) is 4.90 Å². The molecule has 1 aliphatic heterocycles. The molecule has 0 bridgehead atoms. The lowest BCUT2D eigenvalue weighted by atomic mass is 9.79. The molecule has 0 saturated carbocycles. The number of halogens is 1. The maximum Gasteiger partial charge on any atom is 0.326 e. The molecule has 0 unspecified atom stereocenters. The number of carbonyl (C=O) groups is 1. The van der Waals surface area contributed by atoms with Crippen molar-refractivity contribution < 1.29 is 14.3 Å². The average molecular weight is 279 g/mol. The summed E-state index contributed by atoms with van der Waals surface area (Å²) < 4.78 is 13.5. The maximum absolute atomic E-state index is 13.5. The van der Waals surface area contributed by atoms with Crippen LogP contribution in [0.1, 0.15) is 52.0 Å². The fourth-order valence-electron chi connectivity index (χ4n) is 3.48. The van der Waals surface area contributed by atoms with Gasteiger partial charge in [-0.25, -0.2) is 9.18 Å². The number of rotatable bonds is 3. The van der Waals surface area contributed by atoms with Crippen molar-refractivity contribution in [3.05, 3.63) is 29.6 Å². The number of hydrogen-bond donors (Lipinski definition) is 1. The van der Waals surface area contributed by atoms with Gasteiger partial charge >= 0.3 is 5.97 Å². The van der Waals surface area contributed by atoms with E-state index in [2.05, 4.69) is 20.8 Å². The Morgan fingerprint density at radius 2 is 2.20 bits per heavy atom. The van der Waals surface area contributed by atoms with Crippen LogP contribution in [-0.4, -0.2) is 22.7 Å². The zero-order valence-electron chi connectivity index (χ0n) is 12.5. The van der Waals surface area contributed by atoms with Gasteiger partial charge < -0.3 is 10.0 Å². The smallest absolute Gasteiger partial charge is 0.326 e. The van der Waals surface area contributed by atoms with Crippen molar-refractivity contribution in [3.8, 4) is 0 Å². The van der Waals surface area contributed by atoms with Crippen molar-refractivity contribution in [3.63, 3.8) is 0 Å². The first-order valence-electron chi connectivity index (χ1n) is 7.09. The van der Waals surface area contributed by atoms with Crippen LogP contribution in [-0.2, 0) is 4.79 Å². The number of carboxylic acid groups (broad SMARTS) is 1. The number of carboxylic acids is 1. The molecule has 1 aromatic rings. The normalized spacial score (nSPS) is 22.2. The van der Waals surface area contributed by atoms with E-state index >= 15 is 0 Å². The Balaban J connectivity index is 2.59. The van der Waals surface area contributed by atoms with Gasteiger partial charge in [-0.3, -0.25) is 0 Å². The van der Waals surface area contributed by atoms with E-state index in [1.807, 2.05) is 11.8 Å². The molecule has 1 heterocycles. The summed E-state index contributed by atoms with van der Waals surface area (Å²) in [6.45, 7) is 8.05. The first kappa shape index (κ1) is 14.8. The van der Waals surface area contributed by atoms with Gasteiger partial charge in [-0.15, -0.1) is 0 Å². The van der Waals surface area contributed by atoms with Gasteiger partial charge in [0.15, 0.2) is 0 Å². The first-order valence-corrected chi connectivity index (χ1v) is 7.09. The summed E-state index contributed by atoms with van der Waals surface area (Å²) in [4.78, 5) is 13.5. The van der Waals surface area contributed by atoms with Crippen LogP contribution in [0.5, 0.6) is 0 Å². The summed E-state index contributed by atoms with van der Waals surface area (Å²) in [5.41, 5.74) is 1.50. The summed E-state index contributed by atoms with van der Waals surface area (Å²) in [6.07, 6.45) is 1.33. The predicted octanol–water partition coefficient (Wildman–Crippen LogP) is 3.78. The Morgan fingerprint density at radius 3 is 2.75 bits per heavy atom. The standard InChI is InChI=1S/C16H22FNO2/c1-5-13(15(19)20)18-14-7-6-11(17)8-12(14)10(2)9-16(18,3)4/h6-8,10,13H,5,9H2,1-4H3,(H,19,20)/t10-,13-/m0/s1. The monoisotopic (exact) mass is 279 g/mol. The Hall–Kier alpha value is -1.58. The molecular formula is C16H22FNO2. The second kappa shape index (κ2) is 5.08. The van der Waals surface area contributed by atoms with Crippen LogP contribution in [0.25, 0.3) is 0 Å². The van der Waals surface area contributed by atoms with Gasteiger partial charge in [-0.05, 0) is 56.4 Å². The topological polar surface area (TPSA) is 40.5 Å². The molecule has 0 fully saturated rings. The van der Waals surface area contributed by atoms with Crippen molar-refractivity contribution >= 4 is 11.7 Å². The van der Waals surface area contributed by atoms with Crippen LogP contribution >= 0.6 is 0 Å². The molecule has 3 nitrogen and oxygen atoms in total. The molecule has 2 rings (SSSR count). The molecule has 0 spiro atoms. The highest BCUT2D eigenvalue weighted by Gasteiger charge is 2.41. The minimum Gasteiger partial charge on any atom is -0.480 e. The summed E-state index contributed by atoms with van der Waals surface area (Å²) in [5.74, 6) is -0.873. The Morgan fingerprint density at radius 1 is 1.55 bits per heavy atom. The molecule has 0 amide bonds. The van der Waals surface area contributed by atoms with Gasteiger partial charge in [0.25, 0.3) is 0 Å². The maximum atomic E-state index is 13.5. The van der Waals surface area contributed by atoms with E-state index in [1.165, 1.54) is 12.1 Å². The third-order valence-corrected chi connectivity index (χ3v) is 4.22. The largest absolute Gasteiger partial charge is 0.480 e. The number of nitrogens with zero attached hydrogens (tertiary/aromatic N) is 1. The minimum atomic E-state index is -0.828. The fourth-order valence-corrected chi connectivity index (χ4v) is 3.48. The highest BCUT2D eigenvalue weighted by Crippen LogP contribution is 2.44. The van der Waals surface area contributed by atoms with Crippen LogP contribution < -0.4 is 4.90 Å². The molecule has 0 aromatic heterocycles. The Labute approximate surface area is 119 Å². The SMILES string of the molecule is CC[C@@H](C(=O)O)N1c2ccc(F)cc2[C@@H](C)CC1(C)C. The zero-order valence-corrected chi connectivity index (χ0v) is 12.5. The minimum absolute atomic E-state index is 0.221. The molecule has 1 N–H and O–H groups in total. The van der Waals surface area contributed by atoms with Crippen LogP contribution in [0.15, 0.2) is 18.2 Å². The van der Waals surface area contributed by atoms with Crippen molar-refractivity contribution in [2.24, 2.45) is 0 Å². The summed E-state index contributed by atoms with van der Waals surface area (Å²) in [7, 11) is 0. The summed E-state index contributed by atoms with van der Waals surface area (Å²) in [6, 6.07) is 4.08. The van der Waals surface area contributed by atoms with Crippen molar-refractivity contribution in [1.82, 2.24) is 0 Å². The molecule has 20 heavy (non-hydrogen) atoms. The van der Waals surface area contributed by atoms with Gasteiger partial charge in [-0.1, -0.05) is 13.8 Å². The van der Waals surface area contributed by atoms with Crippen LogP contribution in [0.3, 0.4) is 0 Å². The third kappa shape index (κ3) is 2.39. The van der Waals surface area contributed by atoms with E-state index in [-0.39, 0.29) is 17.3 Å². The number of aliphatic carboxylic acids is 1. The summed E-state index contributed by atoms with van der Waals surface area (Å²) in [5, 5.41) is 9.49. The first-order chi connectivity index (χ1) is 9.27. The second-order valence-corrected chi connectivity index (χ2v) is 6.25. The highest BCUT2D eigenvalue weighted by molar-refractivity contribution is 5.80. The zero-order chi connectivity index (χ0) is 15.1. The van der Waals surface area contributed by atoms with E-state index in [4.69, 9.17) is 0 Å². The quantitative estimate of drug-likeness (QED) is 0.915. The predicted molar refractivity (Wildman–Crippen MR) is 77.7 cm³/mol. The van der Waals surface area contributed by atoms with E-state index < -0.39 is 12.0 Å². The molecular weight excluding hydrogens is 257 g/mol. The second-order valence-electron chi connectivity index (χ2n) is 6.25. The lowest BCUT2D eigenvalue weighted by molar-refractivity contribution is -0.139. The lowest BCUT2D eigenvalue weighted by Crippen LogP contribution is -2.56. The van der Waals surface area contributed by atoms with Gasteiger partial charge in [0, 0.05) is 11.2 Å². The molecule has 110 valence electrons. The number of anilines is 1.